The molecular weight excluding hydrogens is 282 g/mol. The van der Waals surface area contributed by atoms with Gasteiger partial charge in [-0.1, -0.05) is 11.3 Å². The van der Waals surface area contributed by atoms with Crippen molar-refractivity contribution in [3.8, 4) is 0 Å². The van der Waals surface area contributed by atoms with Crippen LogP contribution in [-0.4, -0.2) is 10.7 Å². The number of rotatable bonds is 3. The van der Waals surface area contributed by atoms with Crippen molar-refractivity contribution in [3.63, 3.8) is 0 Å². The summed E-state index contributed by atoms with van der Waals surface area (Å²) in [5.74, 6) is -0.0919. The molecule has 1 atom stereocenters. The Morgan fingerprint density at radius 3 is 2.95 bits per heavy atom. The zero-order chi connectivity index (χ0) is 13.4. The van der Waals surface area contributed by atoms with Crippen LogP contribution in [0.15, 0.2) is 23.6 Å². The van der Waals surface area contributed by atoms with E-state index in [1.165, 1.54) is 10.9 Å². The lowest BCUT2D eigenvalue weighted by Gasteiger charge is -2.20. The molecule has 98 valence electrons. The van der Waals surface area contributed by atoms with E-state index >= 15 is 0 Å². The highest BCUT2D eigenvalue weighted by molar-refractivity contribution is 7.17. The molecule has 0 spiro atoms. The molecule has 0 saturated carbocycles. The summed E-state index contributed by atoms with van der Waals surface area (Å²) in [4.78, 5) is 24.5. The number of fused-ring (bicyclic) bond motifs is 1. The number of ketones is 1. The molecule has 1 aliphatic carbocycles. The summed E-state index contributed by atoms with van der Waals surface area (Å²) in [6.07, 6.45) is 2.90. The molecule has 2 aromatic rings. The molecule has 0 N–H and O–H groups in total. The minimum Gasteiger partial charge on any atom is -0.293 e. The van der Waals surface area contributed by atoms with E-state index in [0.29, 0.717) is 4.88 Å². The van der Waals surface area contributed by atoms with Crippen molar-refractivity contribution >= 4 is 33.5 Å². The number of thiophene rings is 2. The van der Waals surface area contributed by atoms with Crippen molar-refractivity contribution in [3.05, 3.63) is 49.0 Å². The number of aryl methyl sites for hydroxylation is 1. The second-order valence-corrected chi connectivity index (χ2v) is 6.57. The first-order valence-electron chi connectivity index (χ1n) is 6.01. The van der Waals surface area contributed by atoms with Gasteiger partial charge in [-0.15, -0.1) is 11.3 Å². The van der Waals surface area contributed by atoms with Crippen molar-refractivity contribution in [1.82, 2.24) is 0 Å². The van der Waals surface area contributed by atoms with Crippen LogP contribution in [-0.2, 0) is 6.42 Å². The lowest BCUT2D eigenvalue weighted by molar-refractivity contribution is -0.380. The largest absolute Gasteiger partial charge is 0.324 e. The Kier molecular flexibility index (Phi) is 3.20. The summed E-state index contributed by atoms with van der Waals surface area (Å²) in [7, 11) is 0. The Hall–Kier alpha value is -1.53. The highest BCUT2D eigenvalue weighted by Gasteiger charge is 2.29. The Bertz CT molecular complexity index is 644. The van der Waals surface area contributed by atoms with E-state index in [2.05, 4.69) is 0 Å². The quantitative estimate of drug-likeness (QED) is 0.488. The Morgan fingerprint density at radius 1 is 1.37 bits per heavy atom. The van der Waals surface area contributed by atoms with Gasteiger partial charge in [0.1, 0.15) is 0 Å². The number of hydrogen-bond donors (Lipinski definition) is 0. The molecule has 4 nitrogen and oxygen atoms in total. The molecule has 1 unspecified atom stereocenters. The third-order valence-corrected chi connectivity index (χ3v) is 5.43. The first-order valence-corrected chi connectivity index (χ1v) is 7.71. The van der Waals surface area contributed by atoms with Gasteiger partial charge in [0.15, 0.2) is 5.78 Å². The molecule has 0 aromatic carbocycles. The lowest BCUT2D eigenvalue weighted by Crippen LogP contribution is -2.16. The van der Waals surface area contributed by atoms with E-state index < -0.39 is 4.92 Å². The van der Waals surface area contributed by atoms with E-state index in [9.17, 15) is 14.9 Å². The van der Waals surface area contributed by atoms with E-state index in [-0.39, 0.29) is 16.7 Å². The standard InChI is InChI=1S/C13H11NO3S2/c15-13(11-4-5-12(19-11)14(16)17)9-2-1-3-10-8(9)6-7-18-10/h4-7,9H,1-3H2. The Labute approximate surface area is 117 Å². The van der Waals surface area contributed by atoms with Crippen molar-refractivity contribution in [1.29, 1.82) is 0 Å². The molecule has 0 radical (unpaired) electrons. The van der Waals surface area contributed by atoms with Crippen LogP contribution in [0.1, 0.15) is 38.9 Å². The highest BCUT2D eigenvalue weighted by Crippen LogP contribution is 2.38. The molecule has 0 saturated heterocycles. The van der Waals surface area contributed by atoms with Crippen molar-refractivity contribution in [2.75, 3.05) is 0 Å². The highest BCUT2D eigenvalue weighted by atomic mass is 32.1. The minimum absolute atomic E-state index is 0.0254. The van der Waals surface area contributed by atoms with Gasteiger partial charge >= 0.3 is 5.00 Å². The summed E-state index contributed by atoms with van der Waals surface area (Å²) in [6, 6.07) is 5.00. The third kappa shape index (κ3) is 2.21. The summed E-state index contributed by atoms with van der Waals surface area (Å²) in [5, 5.41) is 12.7. The fraction of sp³-hybridized carbons (Fsp3) is 0.308. The number of carbonyl (C=O) groups is 1. The summed E-state index contributed by atoms with van der Waals surface area (Å²) in [6.45, 7) is 0. The molecule has 0 fully saturated rings. The molecule has 1 aliphatic rings. The van der Waals surface area contributed by atoms with Gasteiger partial charge < -0.3 is 0 Å². The molecule has 0 bridgehead atoms. The van der Waals surface area contributed by atoms with Gasteiger partial charge in [0.2, 0.25) is 0 Å². The van der Waals surface area contributed by atoms with Gasteiger partial charge in [-0.3, -0.25) is 14.9 Å². The number of Topliss-reactive ketones (excluding diaryl/α,β-unsaturated/α-hetero) is 1. The number of hydrogen-bond acceptors (Lipinski definition) is 5. The van der Waals surface area contributed by atoms with Crippen LogP contribution in [0.25, 0.3) is 0 Å². The maximum absolute atomic E-state index is 12.5. The lowest BCUT2D eigenvalue weighted by atomic mass is 9.84. The fourth-order valence-corrected chi connectivity index (χ4v) is 4.29. The van der Waals surface area contributed by atoms with Crippen LogP contribution in [0, 0.1) is 10.1 Å². The van der Waals surface area contributed by atoms with Crippen molar-refractivity contribution < 1.29 is 9.72 Å². The summed E-state index contributed by atoms with van der Waals surface area (Å²) in [5.41, 5.74) is 1.12. The Morgan fingerprint density at radius 2 is 2.21 bits per heavy atom. The van der Waals surface area contributed by atoms with Crippen LogP contribution in [0.3, 0.4) is 0 Å². The number of carbonyl (C=O) groups excluding carboxylic acids is 1. The first-order chi connectivity index (χ1) is 9.16. The van der Waals surface area contributed by atoms with E-state index in [0.717, 1.165) is 36.2 Å². The van der Waals surface area contributed by atoms with Gasteiger partial charge in [-0.2, -0.15) is 0 Å². The van der Waals surface area contributed by atoms with Crippen LogP contribution in [0.2, 0.25) is 0 Å². The van der Waals surface area contributed by atoms with Crippen LogP contribution < -0.4 is 0 Å². The summed E-state index contributed by atoms with van der Waals surface area (Å²) >= 11 is 2.67. The van der Waals surface area contributed by atoms with Gasteiger partial charge in [0, 0.05) is 16.9 Å². The molecule has 3 rings (SSSR count). The molecule has 2 aromatic heterocycles. The fourth-order valence-electron chi connectivity index (χ4n) is 2.49. The predicted octanol–water partition coefficient (Wildman–Crippen LogP) is 4.02. The first kappa shape index (κ1) is 12.5. The maximum atomic E-state index is 12.5. The second-order valence-electron chi connectivity index (χ2n) is 4.50. The molecule has 0 aliphatic heterocycles. The predicted molar refractivity (Wildman–Crippen MR) is 75.3 cm³/mol. The molecule has 6 heteroatoms. The van der Waals surface area contributed by atoms with Crippen LogP contribution in [0.5, 0.6) is 0 Å². The van der Waals surface area contributed by atoms with Crippen LogP contribution in [0.4, 0.5) is 5.00 Å². The monoisotopic (exact) mass is 293 g/mol. The Balaban J connectivity index is 1.91. The van der Waals surface area contributed by atoms with E-state index in [1.807, 2.05) is 11.4 Å². The second kappa shape index (κ2) is 4.86. The minimum atomic E-state index is -0.446. The topological polar surface area (TPSA) is 60.2 Å². The molecule has 19 heavy (non-hydrogen) atoms. The zero-order valence-electron chi connectivity index (χ0n) is 10.00. The van der Waals surface area contributed by atoms with Gasteiger partial charge in [0.25, 0.3) is 0 Å². The number of nitro groups is 1. The summed E-state index contributed by atoms with van der Waals surface area (Å²) < 4.78 is 0. The van der Waals surface area contributed by atoms with Gasteiger partial charge in [-0.05, 0) is 42.3 Å². The van der Waals surface area contributed by atoms with Gasteiger partial charge in [0.05, 0.1) is 9.80 Å². The van der Waals surface area contributed by atoms with E-state index in [1.54, 1.807) is 17.4 Å². The average molecular weight is 293 g/mol. The van der Waals surface area contributed by atoms with Gasteiger partial charge in [-0.25, -0.2) is 0 Å². The smallest absolute Gasteiger partial charge is 0.293 e. The normalized spacial score (nSPS) is 18.0. The molecular formula is C13H11NO3S2. The molecule has 0 amide bonds. The zero-order valence-corrected chi connectivity index (χ0v) is 11.6. The molecule has 2 heterocycles. The third-order valence-electron chi connectivity index (χ3n) is 3.38. The number of nitrogens with zero attached hydrogens (tertiary/aromatic N) is 1. The SMILES string of the molecule is O=C(c1ccc([N+](=O)[O-])s1)C1CCCc2sccc21. The average Bonchev–Trinajstić information content (AvgIpc) is 3.06. The van der Waals surface area contributed by atoms with E-state index in [4.69, 9.17) is 0 Å². The van der Waals surface area contributed by atoms with Crippen molar-refractivity contribution in [2.24, 2.45) is 0 Å². The maximum Gasteiger partial charge on any atom is 0.324 e. The van der Waals surface area contributed by atoms with Crippen LogP contribution >= 0.6 is 22.7 Å². The van der Waals surface area contributed by atoms with Crippen molar-refractivity contribution in [2.45, 2.75) is 25.2 Å².